The van der Waals surface area contributed by atoms with Gasteiger partial charge in [0.15, 0.2) is 0 Å². The SMILES string of the molecule is C=C1CCc2ccc(NC3CC3)cc2N1. The third-order valence-electron chi connectivity index (χ3n) is 3.07. The Morgan fingerprint density at radius 1 is 1.27 bits per heavy atom. The maximum absolute atomic E-state index is 3.98. The minimum absolute atomic E-state index is 0.717. The molecule has 78 valence electrons. The van der Waals surface area contributed by atoms with Crippen molar-refractivity contribution in [1.82, 2.24) is 0 Å². The van der Waals surface area contributed by atoms with Gasteiger partial charge in [-0.2, -0.15) is 0 Å². The highest BCUT2D eigenvalue weighted by Gasteiger charge is 2.21. The van der Waals surface area contributed by atoms with Crippen molar-refractivity contribution in [1.29, 1.82) is 0 Å². The lowest BCUT2D eigenvalue weighted by Crippen LogP contribution is -2.10. The van der Waals surface area contributed by atoms with Crippen LogP contribution in [0.4, 0.5) is 11.4 Å². The Morgan fingerprint density at radius 2 is 2.13 bits per heavy atom. The first kappa shape index (κ1) is 8.84. The quantitative estimate of drug-likeness (QED) is 0.766. The van der Waals surface area contributed by atoms with E-state index in [0.29, 0.717) is 0 Å². The van der Waals surface area contributed by atoms with Gasteiger partial charge < -0.3 is 10.6 Å². The average molecular weight is 200 g/mol. The second kappa shape index (κ2) is 3.30. The summed E-state index contributed by atoms with van der Waals surface area (Å²) in [5.41, 5.74) is 5.00. The van der Waals surface area contributed by atoms with Gasteiger partial charge in [0, 0.05) is 23.1 Å². The Hall–Kier alpha value is -1.44. The van der Waals surface area contributed by atoms with Gasteiger partial charge in [-0.15, -0.1) is 0 Å². The molecule has 2 heteroatoms. The number of allylic oxidation sites excluding steroid dienone is 1. The van der Waals surface area contributed by atoms with E-state index in [1.54, 1.807) is 0 Å². The molecule has 2 nitrogen and oxygen atoms in total. The van der Waals surface area contributed by atoms with E-state index in [9.17, 15) is 0 Å². The number of nitrogens with one attached hydrogen (secondary N) is 2. The van der Waals surface area contributed by atoms with Crippen molar-refractivity contribution in [3.63, 3.8) is 0 Å². The molecule has 1 fully saturated rings. The fourth-order valence-electron chi connectivity index (χ4n) is 2.00. The Morgan fingerprint density at radius 3 is 2.93 bits per heavy atom. The number of benzene rings is 1. The Balaban J connectivity index is 1.86. The molecule has 0 amide bonds. The van der Waals surface area contributed by atoms with Gasteiger partial charge in [-0.1, -0.05) is 12.6 Å². The van der Waals surface area contributed by atoms with Crippen molar-refractivity contribution in [2.75, 3.05) is 10.6 Å². The molecule has 0 unspecified atom stereocenters. The van der Waals surface area contributed by atoms with Gasteiger partial charge >= 0.3 is 0 Å². The number of hydrogen-bond donors (Lipinski definition) is 2. The van der Waals surface area contributed by atoms with E-state index in [2.05, 4.69) is 35.4 Å². The lowest BCUT2D eigenvalue weighted by atomic mass is 10.0. The highest BCUT2D eigenvalue weighted by molar-refractivity contribution is 5.65. The second-order valence-electron chi connectivity index (χ2n) is 4.52. The van der Waals surface area contributed by atoms with Crippen LogP contribution in [0.1, 0.15) is 24.8 Å². The second-order valence-corrected chi connectivity index (χ2v) is 4.52. The molecule has 2 N–H and O–H groups in total. The molecule has 1 aliphatic heterocycles. The van der Waals surface area contributed by atoms with Crippen LogP contribution in [0.3, 0.4) is 0 Å². The smallest absolute Gasteiger partial charge is 0.0435 e. The zero-order valence-electron chi connectivity index (χ0n) is 8.84. The standard InChI is InChI=1S/C13H16N2/c1-9-2-3-10-4-5-12(8-13(10)14-9)15-11-6-7-11/h4-5,8,11,14-15H,1-3,6-7H2. The molecule has 15 heavy (non-hydrogen) atoms. The fourth-order valence-corrected chi connectivity index (χ4v) is 2.00. The summed E-state index contributed by atoms with van der Waals surface area (Å²) in [7, 11) is 0. The number of fused-ring (bicyclic) bond motifs is 1. The van der Waals surface area contributed by atoms with Crippen LogP contribution in [0.5, 0.6) is 0 Å². The van der Waals surface area contributed by atoms with Gasteiger partial charge in [0.25, 0.3) is 0 Å². The molecular weight excluding hydrogens is 184 g/mol. The van der Waals surface area contributed by atoms with Crippen molar-refractivity contribution in [3.8, 4) is 0 Å². The monoisotopic (exact) mass is 200 g/mol. The van der Waals surface area contributed by atoms with Crippen molar-refractivity contribution in [3.05, 3.63) is 36.0 Å². The van der Waals surface area contributed by atoms with E-state index in [1.165, 1.54) is 29.8 Å². The largest absolute Gasteiger partial charge is 0.382 e. The normalized spacial score (nSPS) is 19.3. The Labute approximate surface area is 90.4 Å². The van der Waals surface area contributed by atoms with Crippen LogP contribution in [0, 0.1) is 0 Å². The summed E-state index contributed by atoms with van der Waals surface area (Å²) in [5, 5.41) is 6.87. The van der Waals surface area contributed by atoms with Gasteiger partial charge in [-0.3, -0.25) is 0 Å². The molecule has 0 radical (unpaired) electrons. The summed E-state index contributed by atoms with van der Waals surface area (Å²) in [6.45, 7) is 3.98. The Kier molecular flexibility index (Phi) is 1.94. The first-order chi connectivity index (χ1) is 7.31. The lowest BCUT2D eigenvalue weighted by molar-refractivity contribution is 0.918. The average Bonchev–Trinajstić information content (AvgIpc) is 3.01. The minimum atomic E-state index is 0.717. The van der Waals surface area contributed by atoms with Crippen molar-refractivity contribution >= 4 is 11.4 Å². The summed E-state index contributed by atoms with van der Waals surface area (Å²) in [5.74, 6) is 0. The zero-order chi connectivity index (χ0) is 10.3. The molecule has 1 saturated carbocycles. The van der Waals surface area contributed by atoms with Crippen LogP contribution in [0.25, 0.3) is 0 Å². The van der Waals surface area contributed by atoms with E-state index >= 15 is 0 Å². The minimum Gasteiger partial charge on any atom is -0.382 e. The zero-order valence-corrected chi connectivity index (χ0v) is 8.84. The van der Waals surface area contributed by atoms with Gasteiger partial charge in [-0.25, -0.2) is 0 Å². The predicted octanol–water partition coefficient (Wildman–Crippen LogP) is 3.13. The molecule has 3 rings (SSSR count). The highest BCUT2D eigenvalue weighted by Crippen LogP contribution is 2.31. The van der Waals surface area contributed by atoms with Crippen LogP contribution in [-0.2, 0) is 6.42 Å². The third-order valence-corrected chi connectivity index (χ3v) is 3.07. The molecule has 1 aromatic carbocycles. The first-order valence-corrected chi connectivity index (χ1v) is 5.65. The topological polar surface area (TPSA) is 24.1 Å². The van der Waals surface area contributed by atoms with Gasteiger partial charge in [0.05, 0.1) is 0 Å². The van der Waals surface area contributed by atoms with Crippen LogP contribution >= 0.6 is 0 Å². The number of anilines is 2. The number of aryl methyl sites for hydroxylation is 1. The van der Waals surface area contributed by atoms with Crippen LogP contribution in [0.2, 0.25) is 0 Å². The summed E-state index contributed by atoms with van der Waals surface area (Å²) in [6, 6.07) is 7.33. The van der Waals surface area contributed by atoms with Gasteiger partial charge in [0.1, 0.15) is 0 Å². The van der Waals surface area contributed by atoms with E-state index < -0.39 is 0 Å². The lowest BCUT2D eigenvalue weighted by Gasteiger charge is -2.21. The third kappa shape index (κ3) is 1.84. The molecule has 0 spiro atoms. The van der Waals surface area contributed by atoms with Gasteiger partial charge in [0.2, 0.25) is 0 Å². The van der Waals surface area contributed by atoms with E-state index in [0.717, 1.165) is 24.6 Å². The summed E-state index contributed by atoms with van der Waals surface area (Å²) < 4.78 is 0. The van der Waals surface area contributed by atoms with Crippen LogP contribution in [-0.4, -0.2) is 6.04 Å². The predicted molar refractivity (Wildman–Crippen MR) is 64.2 cm³/mol. The van der Waals surface area contributed by atoms with Gasteiger partial charge in [-0.05, 0) is 43.4 Å². The maximum atomic E-state index is 3.98. The summed E-state index contributed by atoms with van der Waals surface area (Å²) in [6.07, 6.45) is 4.81. The molecule has 1 aromatic rings. The summed E-state index contributed by atoms with van der Waals surface area (Å²) in [4.78, 5) is 0. The molecule has 2 aliphatic rings. The van der Waals surface area contributed by atoms with Crippen molar-refractivity contribution in [2.45, 2.75) is 31.7 Å². The molecule has 0 aromatic heterocycles. The van der Waals surface area contributed by atoms with Crippen LogP contribution < -0.4 is 10.6 Å². The molecule has 0 bridgehead atoms. The number of hydrogen-bond acceptors (Lipinski definition) is 2. The summed E-state index contributed by atoms with van der Waals surface area (Å²) >= 11 is 0. The van der Waals surface area contributed by atoms with E-state index in [1.807, 2.05) is 0 Å². The van der Waals surface area contributed by atoms with Crippen molar-refractivity contribution in [2.24, 2.45) is 0 Å². The first-order valence-electron chi connectivity index (χ1n) is 5.65. The molecule has 0 saturated heterocycles. The van der Waals surface area contributed by atoms with Crippen LogP contribution in [0.15, 0.2) is 30.5 Å². The number of rotatable bonds is 2. The molecule has 1 heterocycles. The molecule has 0 atom stereocenters. The Bertz CT molecular complexity index is 405. The molecular formula is C13H16N2. The maximum Gasteiger partial charge on any atom is 0.0435 e. The highest BCUT2D eigenvalue weighted by atomic mass is 15.0. The van der Waals surface area contributed by atoms with E-state index in [4.69, 9.17) is 0 Å². The fraction of sp³-hybridized carbons (Fsp3) is 0.385. The van der Waals surface area contributed by atoms with E-state index in [-0.39, 0.29) is 0 Å². The molecule has 1 aliphatic carbocycles. The van der Waals surface area contributed by atoms with Crippen molar-refractivity contribution < 1.29 is 0 Å².